The number of carboxylic acids is 2. The van der Waals surface area contributed by atoms with E-state index < -0.39 is 78.7 Å². The molecule has 10 N–H and O–H groups in total. The molecule has 14 nitrogen and oxygen atoms in total. The van der Waals surface area contributed by atoms with Gasteiger partial charge in [-0.3, -0.25) is 24.0 Å². The first kappa shape index (κ1) is 27.1. The van der Waals surface area contributed by atoms with Crippen molar-refractivity contribution in [2.24, 2.45) is 11.5 Å². The number of thiol groups is 1. The molecule has 0 fully saturated rings. The van der Waals surface area contributed by atoms with Crippen LogP contribution in [0.15, 0.2) is 0 Å². The Balaban J connectivity index is 5.37. The molecule has 0 bridgehead atoms. The molecule has 30 heavy (non-hydrogen) atoms. The number of nitrogens with two attached hydrogens (primary N) is 2. The molecule has 0 saturated heterocycles. The third kappa shape index (κ3) is 9.53. The molecule has 0 saturated carbocycles. The maximum Gasteiger partial charge on any atom is 0.327 e. The number of aliphatic hydroxyl groups excluding tert-OH is 1. The molecule has 0 aliphatic carbocycles. The molecule has 0 heterocycles. The van der Waals surface area contributed by atoms with Gasteiger partial charge in [-0.15, -0.1) is 0 Å². The lowest BCUT2D eigenvalue weighted by atomic mass is 10.1. The van der Waals surface area contributed by atoms with E-state index in [9.17, 15) is 33.9 Å². The van der Waals surface area contributed by atoms with Gasteiger partial charge < -0.3 is 42.7 Å². The van der Waals surface area contributed by atoms with Gasteiger partial charge in [0.25, 0.3) is 0 Å². The average molecular weight is 451 g/mol. The molecule has 170 valence electrons. The number of aliphatic hydroxyl groups is 1. The lowest BCUT2D eigenvalue weighted by molar-refractivity contribution is -0.142. The lowest BCUT2D eigenvalue weighted by Gasteiger charge is -2.25. The summed E-state index contributed by atoms with van der Waals surface area (Å²) in [7, 11) is 0. The second-order valence-electron chi connectivity index (χ2n) is 6.24. The van der Waals surface area contributed by atoms with E-state index in [2.05, 4.69) is 23.3 Å². The van der Waals surface area contributed by atoms with Crippen LogP contribution in [0.5, 0.6) is 0 Å². The van der Waals surface area contributed by atoms with Crippen LogP contribution in [0, 0.1) is 0 Å². The van der Waals surface area contributed by atoms with Gasteiger partial charge in [0.2, 0.25) is 23.6 Å². The topological polar surface area (TPSA) is 251 Å². The second-order valence-corrected chi connectivity index (χ2v) is 6.61. The van der Waals surface area contributed by atoms with E-state index in [1.807, 2.05) is 5.32 Å². The molecule has 0 aromatic rings. The summed E-state index contributed by atoms with van der Waals surface area (Å²) in [5, 5.41) is 33.6. The summed E-state index contributed by atoms with van der Waals surface area (Å²) in [5.74, 6) is -7.33. The first-order valence-corrected chi connectivity index (χ1v) is 9.11. The van der Waals surface area contributed by atoms with E-state index >= 15 is 0 Å². The molecule has 4 amide bonds. The van der Waals surface area contributed by atoms with Crippen molar-refractivity contribution >= 4 is 48.2 Å². The fourth-order valence-corrected chi connectivity index (χ4v) is 2.32. The highest BCUT2D eigenvalue weighted by Crippen LogP contribution is 2.01. The van der Waals surface area contributed by atoms with Gasteiger partial charge in [0.15, 0.2) is 0 Å². The standard InChI is InChI=1S/C15H25N5O9S/c1-5(21)11(20-12(25)6(16)2-10(23)24)14(27)18-7(3-9(17)22)13(26)19-8(4-30)15(28)29/h5-8,11,21,30H,2-4,16H2,1H3,(H2,17,22)(H,18,27)(H,19,26)(H,20,25)(H,23,24)(H,28,29). The van der Waals surface area contributed by atoms with Gasteiger partial charge in [-0.05, 0) is 6.92 Å². The quantitative estimate of drug-likeness (QED) is 0.121. The number of rotatable bonds is 13. The van der Waals surface area contributed by atoms with Gasteiger partial charge in [0, 0.05) is 5.75 Å². The highest BCUT2D eigenvalue weighted by Gasteiger charge is 2.33. The van der Waals surface area contributed by atoms with Gasteiger partial charge >= 0.3 is 11.9 Å². The van der Waals surface area contributed by atoms with Crippen LogP contribution in [0.2, 0.25) is 0 Å². The third-order valence-electron chi connectivity index (χ3n) is 3.63. The minimum absolute atomic E-state index is 0.286. The van der Waals surface area contributed by atoms with Gasteiger partial charge in [0.05, 0.1) is 25.0 Å². The number of amides is 4. The van der Waals surface area contributed by atoms with E-state index in [0.717, 1.165) is 6.92 Å². The van der Waals surface area contributed by atoms with Crippen LogP contribution in [-0.4, -0.2) is 86.9 Å². The predicted molar refractivity (Wildman–Crippen MR) is 103 cm³/mol. The van der Waals surface area contributed by atoms with E-state index in [-0.39, 0.29) is 5.75 Å². The molecule has 5 atom stereocenters. The summed E-state index contributed by atoms with van der Waals surface area (Å²) >= 11 is 3.77. The molecular formula is C15H25N5O9S. The van der Waals surface area contributed by atoms with Crippen LogP contribution >= 0.6 is 12.6 Å². The number of carbonyl (C=O) groups is 6. The zero-order chi connectivity index (χ0) is 23.6. The number of primary amides is 1. The monoisotopic (exact) mass is 451 g/mol. The van der Waals surface area contributed by atoms with Crippen molar-refractivity contribution in [3.8, 4) is 0 Å². The molecule has 0 aliphatic heterocycles. The summed E-state index contributed by atoms with van der Waals surface area (Å²) in [6.45, 7) is 1.12. The van der Waals surface area contributed by atoms with Crippen molar-refractivity contribution < 1.29 is 44.1 Å². The number of hydrogen-bond acceptors (Lipinski definition) is 9. The summed E-state index contributed by atoms with van der Waals surface area (Å²) in [5.41, 5.74) is 10.4. The first-order chi connectivity index (χ1) is 13.8. The minimum atomic E-state index is -1.67. The largest absolute Gasteiger partial charge is 0.481 e. The Labute approximate surface area is 176 Å². The van der Waals surface area contributed by atoms with Crippen LogP contribution in [-0.2, 0) is 28.8 Å². The molecule has 5 unspecified atom stereocenters. The lowest BCUT2D eigenvalue weighted by Crippen LogP contribution is -2.60. The molecule has 0 aliphatic rings. The van der Waals surface area contributed by atoms with Gasteiger partial charge in [-0.1, -0.05) is 0 Å². The Kier molecular flexibility index (Phi) is 11.4. The number of hydrogen-bond donors (Lipinski definition) is 9. The van der Waals surface area contributed by atoms with Crippen LogP contribution in [0.1, 0.15) is 19.8 Å². The fraction of sp³-hybridized carbons (Fsp3) is 0.600. The summed E-state index contributed by atoms with van der Waals surface area (Å²) in [4.78, 5) is 69.5. The van der Waals surface area contributed by atoms with Gasteiger partial charge in [0.1, 0.15) is 18.1 Å². The number of carboxylic acid groups (broad SMARTS) is 2. The molecule has 0 spiro atoms. The maximum atomic E-state index is 12.4. The Bertz CT molecular complexity index is 687. The summed E-state index contributed by atoms with van der Waals surface area (Å²) in [6.07, 6.45) is -2.96. The van der Waals surface area contributed by atoms with Crippen molar-refractivity contribution in [3.63, 3.8) is 0 Å². The highest BCUT2D eigenvalue weighted by atomic mass is 32.1. The van der Waals surface area contributed by atoms with Crippen LogP contribution < -0.4 is 27.4 Å². The molecule has 0 aromatic carbocycles. The average Bonchev–Trinajstić information content (AvgIpc) is 2.61. The number of carbonyl (C=O) groups excluding carboxylic acids is 4. The van der Waals surface area contributed by atoms with Crippen LogP contribution in [0.3, 0.4) is 0 Å². The van der Waals surface area contributed by atoms with E-state index in [1.165, 1.54) is 0 Å². The van der Waals surface area contributed by atoms with Crippen molar-refractivity contribution in [1.82, 2.24) is 16.0 Å². The Morgan fingerprint density at radius 1 is 0.900 bits per heavy atom. The SMILES string of the molecule is CC(O)C(NC(=O)C(N)CC(=O)O)C(=O)NC(CC(N)=O)C(=O)NC(CS)C(=O)O. The normalized spacial score (nSPS) is 15.6. The van der Waals surface area contributed by atoms with Crippen molar-refractivity contribution in [2.75, 3.05) is 5.75 Å². The Hall–Kier alpha value is -2.91. The maximum absolute atomic E-state index is 12.4. The predicted octanol–water partition coefficient (Wildman–Crippen LogP) is -4.49. The van der Waals surface area contributed by atoms with Crippen molar-refractivity contribution in [3.05, 3.63) is 0 Å². The molecule has 15 heteroatoms. The fourth-order valence-electron chi connectivity index (χ4n) is 2.08. The van der Waals surface area contributed by atoms with Crippen LogP contribution in [0.25, 0.3) is 0 Å². The van der Waals surface area contributed by atoms with Gasteiger partial charge in [-0.25, -0.2) is 4.79 Å². The number of nitrogens with one attached hydrogen (secondary N) is 3. The molecular weight excluding hydrogens is 426 g/mol. The highest BCUT2D eigenvalue weighted by molar-refractivity contribution is 7.80. The second kappa shape index (κ2) is 12.6. The zero-order valence-corrected chi connectivity index (χ0v) is 16.8. The van der Waals surface area contributed by atoms with Crippen molar-refractivity contribution in [2.45, 2.75) is 50.0 Å². The number of aliphatic carboxylic acids is 2. The Morgan fingerprint density at radius 2 is 1.43 bits per heavy atom. The van der Waals surface area contributed by atoms with E-state index in [1.54, 1.807) is 0 Å². The van der Waals surface area contributed by atoms with Crippen LogP contribution in [0.4, 0.5) is 0 Å². The first-order valence-electron chi connectivity index (χ1n) is 8.48. The zero-order valence-electron chi connectivity index (χ0n) is 15.9. The minimum Gasteiger partial charge on any atom is -0.481 e. The Morgan fingerprint density at radius 3 is 1.83 bits per heavy atom. The third-order valence-corrected chi connectivity index (χ3v) is 3.99. The summed E-state index contributed by atoms with van der Waals surface area (Å²) < 4.78 is 0. The van der Waals surface area contributed by atoms with Gasteiger partial charge in [-0.2, -0.15) is 12.6 Å². The molecule has 0 aromatic heterocycles. The summed E-state index contributed by atoms with van der Waals surface area (Å²) in [6, 6.07) is -6.23. The van der Waals surface area contributed by atoms with E-state index in [0.29, 0.717) is 0 Å². The van der Waals surface area contributed by atoms with Crippen molar-refractivity contribution in [1.29, 1.82) is 0 Å². The molecule has 0 radical (unpaired) electrons. The van der Waals surface area contributed by atoms with E-state index in [4.69, 9.17) is 21.7 Å². The molecule has 0 rings (SSSR count). The smallest absolute Gasteiger partial charge is 0.327 e.